The predicted molar refractivity (Wildman–Crippen MR) is 74.0 cm³/mol. The molecule has 2 amide bonds. The third-order valence-corrected chi connectivity index (χ3v) is 3.79. The summed E-state index contributed by atoms with van der Waals surface area (Å²) in [6.07, 6.45) is 6.44. The van der Waals surface area contributed by atoms with E-state index in [0.717, 1.165) is 12.5 Å². The zero-order valence-corrected chi connectivity index (χ0v) is 11.8. The summed E-state index contributed by atoms with van der Waals surface area (Å²) >= 11 is 0. The van der Waals surface area contributed by atoms with Gasteiger partial charge in [-0.05, 0) is 37.5 Å². The molecule has 0 aromatic rings. The van der Waals surface area contributed by atoms with Crippen LogP contribution in [-0.4, -0.2) is 30.2 Å². The number of urea groups is 1. The Morgan fingerprint density at radius 3 is 2.42 bits per heavy atom. The predicted octanol–water partition coefficient (Wildman–Crippen LogP) is 2.37. The van der Waals surface area contributed by atoms with Gasteiger partial charge >= 0.3 is 12.0 Å². The Morgan fingerprint density at radius 2 is 1.79 bits per heavy atom. The summed E-state index contributed by atoms with van der Waals surface area (Å²) in [6.45, 7) is 3.59. The van der Waals surface area contributed by atoms with Crippen LogP contribution in [0, 0.1) is 11.8 Å². The second-order valence-electron chi connectivity index (χ2n) is 5.61. The molecular weight excluding hydrogens is 244 g/mol. The number of carbonyl (C=O) groups is 2. The molecule has 1 fully saturated rings. The molecule has 5 heteroatoms. The summed E-state index contributed by atoms with van der Waals surface area (Å²) < 4.78 is 0. The molecule has 110 valence electrons. The lowest BCUT2D eigenvalue weighted by Gasteiger charge is -2.26. The number of carboxylic acid groups (broad SMARTS) is 1. The van der Waals surface area contributed by atoms with E-state index in [4.69, 9.17) is 5.11 Å². The van der Waals surface area contributed by atoms with Gasteiger partial charge in [-0.3, -0.25) is 4.79 Å². The van der Waals surface area contributed by atoms with Crippen LogP contribution in [0.3, 0.4) is 0 Å². The number of amides is 2. The standard InChI is InChI=1S/C14H26N2O3/c1-11-5-7-12(8-6-11)10-16-14(19)15-9-3-2-4-13(17)18/h11-12H,2-10H2,1H3,(H,17,18)(H2,15,16,19). The number of nitrogens with one attached hydrogen (secondary N) is 2. The van der Waals surface area contributed by atoms with Gasteiger partial charge in [0.15, 0.2) is 0 Å². The molecular formula is C14H26N2O3. The van der Waals surface area contributed by atoms with E-state index in [0.29, 0.717) is 25.3 Å². The monoisotopic (exact) mass is 270 g/mol. The fourth-order valence-corrected chi connectivity index (χ4v) is 2.44. The van der Waals surface area contributed by atoms with Crippen molar-refractivity contribution < 1.29 is 14.7 Å². The highest BCUT2D eigenvalue weighted by molar-refractivity contribution is 5.73. The molecule has 1 aliphatic rings. The van der Waals surface area contributed by atoms with Crippen LogP contribution < -0.4 is 10.6 Å². The quantitative estimate of drug-likeness (QED) is 0.621. The van der Waals surface area contributed by atoms with Gasteiger partial charge in [-0.25, -0.2) is 4.79 Å². The molecule has 0 unspecified atom stereocenters. The first-order valence-corrected chi connectivity index (χ1v) is 7.31. The molecule has 0 spiro atoms. The third-order valence-electron chi connectivity index (χ3n) is 3.79. The summed E-state index contributed by atoms with van der Waals surface area (Å²) in [7, 11) is 0. The Bertz CT molecular complexity index is 286. The van der Waals surface area contributed by atoms with E-state index >= 15 is 0 Å². The highest BCUT2D eigenvalue weighted by Gasteiger charge is 2.18. The minimum Gasteiger partial charge on any atom is -0.481 e. The van der Waals surface area contributed by atoms with E-state index in [1.54, 1.807) is 0 Å². The summed E-state index contributed by atoms with van der Waals surface area (Å²) in [5.41, 5.74) is 0. The van der Waals surface area contributed by atoms with Crippen LogP contribution in [0.4, 0.5) is 4.79 Å². The van der Waals surface area contributed by atoms with Gasteiger partial charge in [-0.2, -0.15) is 0 Å². The Kier molecular flexibility index (Phi) is 7.30. The van der Waals surface area contributed by atoms with Crippen molar-refractivity contribution in [2.45, 2.75) is 51.9 Å². The number of rotatable bonds is 7. The van der Waals surface area contributed by atoms with Gasteiger partial charge in [0.2, 0.25) is 0 Å². The van der Waals surface area contributed by atoms with Gasteiger partial charge in [-0.15, -0.1) is 0 Å². The van der Waals surface area contributed by atoms with E-state index in [1.807, 2.05) is 0 Å². The lowest BCUT2D eigenvalue weighted by molar-refractivity contribution is -0.137. The molecule has 0 aromatic carbocycles. The Morgan fingerprint density at radius 1 is 1.11 bits per heavy atom. The first-order valence-electron chi connectivity index (χ1n) is 7.31. The van der Waals surface area contributed by atoms with E-state index in [1.165, 1.54) is 25.7 Å². The molecule has 0 aliphatic heterocycles. The van der Waals surface area contributed by atoms with Gasteiger partial charge in [0.1, 0.15) is 0 Å². The van der Waals surface area contributed by atoms with E-state index in [9.17, 15) is 9.59 Å². The van der Waals surface area contributed by atoms with Crippen LogP contribution in [0.15, 0.2) is 0 Å². The molecule has 0 heterocycles. The topological polar surface area (TPSA) is 78.4 Å². The Hall–Kier alpha value is -1.26. The highest BCUT2D eigenvalue weighted by Crippen LogP contribution is 2.27. The average Bonchev–Trinajstić information content (AvgIpc) is 2.37. The number of hydrogen-bond acceptors (Lipinski definition) is 2. The molecule has 0 saturated heterocycles. The largest absolute Gasteiger partial charge is 0.481 e. The Balaban J connectivity index is 1.97. The maximum atomic E-state index is 11.5. The van der Waals surface area contributed by atoms with Gasteiger partial charge in [-0.1, -0.05) is 19.8 Å². The summed E-state index contributed by atoms with van der Waals surface area (Å²) in [4.78, 5) is 21.8. The third kappa shape index (κ3) is 7.70. The number of hydrogen-bond donors (Lipinski definition) is 3. The number of unbranched alkanes of at least 4 members (excludes halogenated alkanes) is 1. The maximum Gasteiger partial charge on any atom is 0.314 e. The minimum absolute atomic E-state index is 0.131. The smallest absolute Gasteiger partial charge is 0.314 e. The van der Waals surface area contributed by atoms with E-state index in [2.05, 4.69) is 17.6 Å². The second kappa shape index (κ2) is 8.77. The van der Waals surface area contributed by atoms with Crippen LogP contribution in [0.1, 0.15) is 51.9 Å². The van der Waals surface area contributed by atoms with Crippen molar-refractivity contribution in [3.05, 3.63) is 0 Å². The fourth-order valence-electron chi connectivity index (χ4n) is 2.44. The van der Waals surface area contributed by atoms with Crippen LogP contribution in [0.25, 0.3) is 0 Å². The van der Waals surface area contributed by atoms with Gasteiger partial charge in [0.25, 0.3) is 0 Å². The Labute approximate surface area is 115 Å². The molecule has 1 aliphatic carbocycles. The van der Waals surface area contributed by atoms with Gasteiger partial charge in [0, 0.05) is 19.5 Å². The number of carboxylic acids is 1. The second-order valence-corrected chi connectivity index (χ2v) is 5.61. The van der Waals surface area contributed by atoms with Crippen molar-refractivity contribution in [2.75, 3.05) is 13.1 Å². The van der Waals surface area contributed by atoms with Crippen molar-refractivity contribution >= 4 is 12.0 Å². The van der Waals surface area contributed by atoms with Gasteiger partial charge < -0.3 is 15.7 Å². The summed E-state index contributed by atoms with van der Waals surface area (Å²) in [5.74, 6) is 0.671. The molecule has 5 nitrogen and oxygen atoms in total. The van der Waals surface area contributed by atoms with Crippen LogP contribution in [-0.2, 0) is 4.79 Å². The molecule has 1 rings (SSSR count). The van der Waals surface area contributed by atoms with Crippen molar-refractivity contribution in [1.82, 2.24) is 10.6 Å². The maximum absolute atomic E-state index is 11.5. The number of carbonyl (C=O) groups excluding carboxylic acids is 1. The molecule has 3 N–H and O–H groups in total. The first-order chi connectivity index (χ1) is 9.08. The van der Waals surface area contributed by atoms with Crippen LogP contribution in [0.5, 0.6) is 0 Å². The molecule has 0 radical (unpaired) electrons. The fraction of sp³-hybridized carbons (Fsp3) is 0.857. The SMILES string of the molecule is CC1CCC(CNC(=O)NCCCCC(=O)O)CC1. The zero-order chi connectivity index (χ0) is 14.1. The molecule has 0 bridgehead atoms. The average molecular weight is 270 g/mol. The summed E-state index contributed by atoms with van der Waals surface area (Å²) in [6, 6.07) is -0.131. The van der Waals surface area contributed by atoms with E-state index < -0.39 is 5.97 Å². The lowest BCUT2D eigenvalue weighted by atomic mass is 9.83. The highest BCUT2D eigenvalue weighted by atomic mass is 16.4. The number of aliphatic carboxylic acids is 1. The van der Waals surface area contributed by atoms with Crippen molar-refractivity contribution in [3.8, 4) is 0 Å². The normalized spacial score (nSPS) is 22.8. The van der Waals surface area contributed by atoms with Crippen LogP contribution >= 0.6 is 0 Å². The lowest BCUT2D eigenvalue weighted by Crippen LogP contribution is -2.39. The van der Waals surface area contributed by atoms with Crippen molar-refractivity contribution in [3.63, 3.8) is 0 Å². The molecule has 19 heavy (non-hydrogen) atoms. The summed E-state index contributed by atoms with van der Waals surface area (Å²) in [5, 5.41) is 14.1. The van der Waals surface area contributed by atoms with Crippen molar-refractivity contribution in [2.24, 2.45) is 11.8 Å². The first kappa shape index (κ1) is 15.8. The van der Waals surface area contributed by atoms with E-state index in [-0.39, 0.29) is 12.5 Å². The van der Waals surface area contributed by atoms with Gasteiger partial charge in [0.05, 0.1) is 0 Å². The van der Waals surface area contributed by atoms with Crippen molar-refractivity contribution in [1.29, 1.82) is 0 Å². The molecule has 1 saturated carbocycles. The molecule has 0 atom stereocenters. The van der Waals surface area contributed by atoms with Crippen LogP contribution in [0.2, 0.25) is 0 Å². The molecule has 0 aromatic heterocycles. The minimum atomic E-state index is -0.782. The zero-order valence-electron chi connectivity index (χ0n) is 11.8.